The van der Waals surface area contributed by atoms with Crippen molar-refractivity contribution in [3.63, 3.8) is 0 Å². The number of benzene rings is 2. The van der Waals surface area contributed by atoms with Crippen molar-refractivity contribution in [1.29, 1.82) is 0 Å². The molecule has 0 fully saturated rings. The van der Waals surface area contributed by atoms with E-state index in [0.717, 1.165) is 5.56 Å². The van der Waals surface area contributed by atoms with Crippen LogP contribution in [-0.4, -0.2) is 31.8 Å². The second-order valence-electron chi connectivity index (χ2n) is 8.13. The van der Waals surface area contributed by atoms with Crippen LogP contribution in [0.15, 0.2) is 47.5 Å². The maximum Gasteiger partial charge on any atom is 0.418 e. The molecule has 8 heteroatoms. The number of nitrogens with zero attached hydrogens (tertiary/aromatic N) is 1. The van der Waals surface area contributed by atoms with Crippen LogP contribution in [-0.2, 0) is 14.8 Å². The number of ether oxygens (including phenoxy) is 2. The van der Waals surface area contributed by atoms with Gasteiger partial charge in [-0.3, -0.25) is 9.29 Å². The van der Waals surface area contributed by atoms with Crippen LogP contribution < -0.4 is 9.46 Å². The van der Waals surface area contributed by atoms with Gasteiger partial charge in [0, 0.05) is 17.3 Å². The van der Waals surface area contributed by atoms with Crippen LogP contribution in [0.2, 0.25) is 0 Å². The number of fused-ring (bicyclic) bond motifs is 1. The normalized spacial score (nSPS) is 12.1. The summed E-state index contributed by atoms with van der Waals surface area (Å²) in [5, 5.41) is 0.712. The number of methoxy groups -OCH3 is 1. The highest BCUT2D eigenvalue weighted by Gasteiger charge is 2.21. The first-order chi connectivity index (χ1) is 13.9. The fourth-order valence-corrected chi connectivity index (χ4v) is 4.52. The van der Waals surface area contributed by atoms with Gasteiger partial charge < -0.3 is 9.47 Å². The highest BCUT2D eigenvalue weighted by Crippen LogP contribution is 2.28. The predicted octanol–water partition coefficient (Wildman–Crippen LogP) is 4.85. The number of hydrogen-bond acceptors (Lipinski definition) is 5. The molecule has 3 aromatic rings. The number of anilines is 1. The predicted molar refractivity (Wildman–Crippen MR) is 117 cm³/mol. The first-order valence-corrected chi connectivity index (χ1v) is 10.9. The number of aromatic nitrogens is 1. The smallest absolute Gasteiger partial charge is 0.418 e. The summed E-state index contributed by atoms with van der Waals surface area (Å²) in [6.07, 6.45) is 1.11. The molecule has 0 saturated carbocycles. The largest absolute Gasteiger partial charge is 0.496 e. The average molecular weight is 431 g/mol. The molecule has 0 spiro atoms. The Morgan fingerprint density at radius 3 is 2.37 bits per heavy atom. The topological polar surface area (TPSA) is 86.6 Å². The van der Waals surface area contributed by atoms with E-state index in [-0.39, 0.29) is 4.90 Å². The molecule has 160 valence electrons. The molecule has 2 aromatic carbocycles. The molecule has 3 rings (SSSR count). The van der Waals surface area contributed by atoms with E-state index in [1.807, 2.05) is 0 Å². The Hall–Kier alpha value is -3.00. The van der Waals surface area contributed by atoms with Gasteiger partial charge in [-0.05, 0) is 82.1 Å². The molecule has 0 bridgehead atoms. The molecule has 30 heavy (non-hydrogen) atoms. The van der Waals surface area contributed by atoms with Gasteiger partial charge in [0.15, 0.2) is 0 Å². The summed E-state index contributed by atoms with van der Waals surface area (Å²) in [5.41, 5.74) is 1.73. The average Bonchev–Trinajstić information content (AvgIpc) is 3.04. The fraction of sp³-hybridized carbons (Fsp3) is 0.318. The monoisotopic (exact) mass is 430 g/mol. The van der Waals surface area contributed by atoms with Crippen LogP contribution in [0.5, 0.6) is 5.75 Å². The molecule has 0 saturated heterocycles. The minimum atomic E-state index is -3.80. The van der Waals surface area contributed by atoms with Gasteiger partial charge in [0.05, 0.1) is 17.5 Å². The van der Waals surface area contributed by atoms with Crippen molar-refractivity contribution in [2.24, 2.45) is 0 Å². The molecule has 7 nitrogen and oxygen atoms in total. The van der Waals surface area contributed by atoms with Crippen LogP contribution in [0.3, 0.4) is 0 Å². The lowest BCUT2D eigenvalue weighted by Crippen LogP contribution is -2.26. The zero-order chi connectivity index (χ0) is 22.3. The molecular formula is C22H26N2O5S. The Morgan fingerprint density at radius 1 is 1.03 bits per heavy atom. The quantitative estimate of drug-likeness (QED) is 0.639. The highest BCUT2D eigenvalue weighted by molar-refractivity contribution is 7.92. The Morgan fingerprint density at radius 2 is 1.73 bits per heavy atom. The third kappa shape index (κ3) is 4.43. The second kappa shape index (κ2) is 7.68. The summed E-state index contributed by atoms with van der Waals surface area (Å²) < 4.78 is 40.6. The Balaban J connectivity index is 1.91. The van der Waals surface area contributed by atoms with Crippen molar-refractivity contribution >= 4 is 32.7 Å². The van der Waals surface area contributed by atoms with Gasteiger partial charge in [0.25, 0.3) is 10.0 Å². The zero-order valence-corrected chi connectivity index (χ0v) is 18.8. The molecule has 0 unspecified atom stereocenters. The van der Waals surface area contributed by atoms with E-state index in [1.54, 1.807) is 84.3 Å². The van der Waals surface area contributed by atoms with Crippen molar-refractivity contribution in [3.8, 4) is 5.75 Å². The summed E-state index contributed by atoms with van der Waals surface area (Å²) in [7, 11) is -2.25. The maximum atomic E-state index is 12.9. The number of sulfonamides is 1. The van der Waals surface area contributed by atoms with Crippen LogP contribution >= 0.6 is 0 Å². The van der Waals surface area contributed by atoms with E-state index < -0.39 is 21.7 Å². The third-order valence-electron chi connectivity index (χ3n) is 4.51. The molecule has 0 atom stereocenters. The molecule has 0 amide bonds. The van der Waals surface area contributed by atoms with Crippen molar-refractivity contribution in [3.05, 3.63) is 53.7 Å². The SMILES string of the molecule is COc1cc(C)c(S(=O)(=O)Nc2ccc3c(ccn3C(=O)OC(C)(C)C)c2)cc1C. The standard InChI is InChI=1S/C22H26N2O5S/c1-14-12-20(15(2)11-19(14)28-6)30(26,27)23-17-7-8-18-16(13-17)9-10-24(18)21(25)29-22(3,4)5/h7-13,23H,1-6H3. The number of aryl methyl sites for hydroxylation is 2. The minimum Gasteiger partial charge on any atom is -0.496 e. The first kappa shape index (κ1) is 21.7. The van der Waals surface area contributed by atoms with Crippen molar-refractivity contribution in [1.82, 2.24) is 4.57 Å². The summed E-state index contributed by atoms with van der Waals surface area (Å²) in [5.74, 6) is 0.636. The molecular weight excluding hydrogens is 404 g/mol. The summed E-state index contributed by atoms with van der Waals surface area (Å²) in [6, 6.07) is 10.0. The van der Waals surface area contributed by atoms with Crippen LogP contribution in [0, 0.1) is 13.8 Å². The van der Waals surface area contributed by atoms with E-state index in [2.05, 4.69) is 4.72 Å². The molecule has 1 N–H and O–H groups in total. The fourth-order valence-electron chi connectivity index (χ4n) is 3.16. The van der Waals surface area contributed by atoms with Crippen LogP contribution in [0.1, 0.15) is 31.9 Å². The molecule has 1 aromatic heterocycles. The van der Waals surface area contributed by atoms with Crippen molar-refractivity contribution < 1.29 is 22.7 Å². The van der Waals surface area contributed by atoms with E-state index in [9.17, 15) is 13.2 Å². The number of carbonyl (C=O) groups is 1. The van der Waals surface area contributed by atoms with E-state index >= 15 is 0 Å². The van der Waals surface area contributed by atoms with Gasteiger partial charge in [0.2, 0.25) is 0 Å². The molecule has 0 aliphatic carbocycles. The first-order valence-electron chi connectivity index (χ1n) is 9.44. The van der Waals surface area contributed by atoms with Crippen LogP contribution in [0.4, 0.5) is 10.5 Å². The Kier molecular flexibility index (Phi) is 5.56. The molecule has 0 radical (unpaired) electrons. The summed E-state index contributed by atoms with van der Waals surface area (Å²) >= 11 is 0. The van der Waals surface area contributed by atoms with Gasteiger partial charge in [-0.15, -0.1) is 0 Å². The minimum absolute atomic E-state index is 0.187. The summed E-state index contributed by atoms with van der Waals surface area (Å²) in [4.78, 5) is 12.6. The Bertz CT molecular complexity index is 1220. The highest BCUT2D eigenvalue weighted by atomic mass is 32.2. The number of nitrogens with one attached hydrogen (secondary N) is 1. The number of rotatable bonds is 4. The number of carbonyl (C=O) groups excluding carboxylic acids is 1. The lowest BCUT2D eigenvalue weighted by Gasteiger charge is -2.19. The lowest BCUT2D eigenvalue weighted by atomic mass is 10.1. The van der Waals surface area contributed by atoms with Gasteiger partial charge in [-0.25, -0.2) is 13.2 Å². The molecule has 0 aliphatic rings. The van der Waals surface area contributed by atoms with Gasteiger partial charge in [-0.2, -0.15) is 0 Å². The molecule has 1 heterocycles. The van der Waals surface area contributed by atoms with Crippen LogP contribution in [0.25, 0.3) is 10.9 Å². The van der Waals surface area contributed by atoms with Gasteiger partial charge >= 0.3 is 6.09 Å². The molecule has 0 aliphatic heterocycles. The van der Waals surface area contributed by atoms with Gasteiger partial charge in [0.1, 0.15) is 11.4 Å². The van der Waals surface area contributed by atoms with Crippen molar-refractivity contribution in [2.75, 3.05) is 11.8 Å². The maximum absolute atomic E-state index is 12.9. The lowest BCUT2D eigenvalue weighted by molar-refractivity contribution is 0.0544. The van der Waals surface area contributed by atoms with Gasteiger partial charge in [-0.1, -0.05) is 0 Å². The third-order valence-corrected chi connectivity index (χ3v) is 6.04. The zero-order valence-electron chi connectivity index (χ0n) is 17.9. The van der Waals surface area contributed by atoms with E-state index in [4.69, 9.17) is 9.47 Å². The second-order valence-corrected chi connectivity index (χ2v) is 9.78. The van der Waals surface area contributed by atoms with Crippen molar-refractivity contribution in [2.45, 2.75) is 45.1 Å². The summed E-state index contributed by atoms with van der Waals surface area (Å²) in [6.45, 7) is 8.91. The Labute approximate surface area is 176 Å². The van der Waals surface area contributed by atoms with E-state index in [1.165, 1.54) is 4.57 Å². The van der Waals surface area contributed by atoms with E-state index in [0.29, 0.717) is 27.9 Å². The number of hydrogen-bond donors (Lipinski definition) is 1.